The Balaban J connectivity index is 2.00. The van der Waals surface area contributed by atoms with E-state index >= 15 is 0 Å². The molecule has 3 rings (SSSR count). The standard InChI is InChI=1S/C28H32BrN3O4S/c1-4-26(28(34)30-3)31(18-17-22-9-6-5-7-10-22)27(33)20-32(24-12-8-11-23(29)19-24)37(35,36)25-15-13-21(2)14-16-25/h5-16,19,26H,4,17-18,20H2,1-3H3,(H,30,34). The predicted octanol–water partition coefficient (Wildman–Crippen LogP) is 4.55. The van der Waals surface area contributed by atoms with Gasteiger partial charge in [-0.3, -0.25) is 13.9 Å². The molecule has 2 amide bonds. The minimum absolute atomic E-state index is 0.0834. The van der Waals surface area contributed by atoms with Crippen LogP contribution in [-0.4, -0.2) is 51.3 Å². The van der Waals surface area contributed by atoms with Gasteiger partial charge in [0.15, 0.2) is 0 Å². The van der Waals surface area contributed by atoms with Crippen molar-refractivity contribution in [2.24, 2.45) is 0 Å². The molecule has 0 aromatic heterocycles. The Morgan fingerprint density at radius 3 is 2.24 bits per heavy atom. The molecule has 0 radical (unpaired) electrons. The summed E-state index contributed by atoms with van der Waals surface area (Å²) in [4.78, 5) is 28.1. The number of aryl methyl sites for hydroxylation is 1. The van der Waals surface area contributed by atoms with Crippen LogP contribution in [0.3, 0.4) is 0 Å². The molecule has 1 atom stereocenters. The van der Waals surface area contributed by atoms with E-state index in [0.29, 0.717) is 23.0 Å². The Morgan fingerprint density at radius 1 is 0.973 bits per heavy atom. The van der Waals surface area contributed by atoms with Crippen LogP contribution in [0.25, 0.3) is 0 Å². The number of nitrogens with zero attached hydrogens (tertiary/aromatic N) is 2. The van der Waals surface area contributed by atoms with E-state index in [2.05, 4.69) is 21.2 Å². The molecule has 3 aromatic carbocycles. The summed E-state index contributed by atoms with van der Waals surface area (Å²) in [6, 6.07) is 22.2. The van der Waals surface area contributed by atoms with Crippen molar-refractivity contribution in [2.75, 3.05) is 24.4 Å². The summed E-state index contributed by atoms with van der Waals surface area (Å²) in [5.41, 5.74) is 2.29. The van der Waals surface area contributed by atoms with Gasteiger partial charge in [0.25, 0.3) is 10.0 Å². The summed E-state index contributed by atoms with van der Waals surface area (Å²) in [6.07, 6.45) is 0.920. The van der Waals surface area contributed by atoms with E-state index in [4.69, 9.17) is 0 Å². The Labute approximate surface area is 227 Å². The second-order valence-corrected chi connectivity index (χ2v) is 11.4. The lowest BCUT2D eigenvalue weighted by Gasteiger charge is -2.33. The fraction of sp³-hybridized carbons (Fsp3) is 0.286. The molecule has 0 heterocycles. The fourth-order valence-corrected chi connectivity index (χ4v) is 5.85. The van der Waals surface area contributed by atoms with Crippen molar-refractivity contribution in [1.82, 2.24) is 10.2 Å². The number of likely N-dealkylation sites (N-methyl/N-ethyl adjacent to an activating group) is 1. The van der Waals surface area contributed by atoms with Crippen LogP contribution in [0.15, 0.2) is 88.2 Å². The van der Waals surface area contributed by atoms with E-state index in [0.717, 1.165) is 15.4 Å². The fourth-order valence-electron chi connectivity index (χ4n) is 4.06. The van der Waals surface area contributed by atoms with Crippen molar-refractivity contribution < 1.29 is 18.0 Å². The van der Waals surface area contributed by atoms with Crippen molar-refractivity contribution in [3.63, 3.8) is 0 Å². The maximum atomic E-state index is 13.8. The largest absolute Gasteiger partial charge is 0.357 e. The maximum absolute atomic E-state index is 13.8. The zero-order chi connectivity index (χ0) is 27.0. The van der Waals surface area contributed by atoms with Gasteiger partial charge in [0.1, 0.15) is 12.6 Å². The first-order valence-corrected chi connectivity index (χ1v) is 14.3. The van der Waals surface area contributed by atoms with Crippen molar-refractivity contribution in [1.29, 1.82) is 0 Å². The molecule has 0 aliphatic carbocycles. The average Bonchev–Trinajstić information content (AvgIpc) is 2.89. The summed E-state index contributed by atoms with van der Waals surface area (Å²) in [5, 5.41) is 2.63. The van der Waals surface area contributed by atoms with E-state index < -0.39 is 28.5 Å². The summed E-state index contributed by atoms with van der Waals surface area (Å²) < 4.78 is 29.4. The van der Waals surface area contributed by atoms with E-state index in [1.165, 1.54) is 24.1 Å². The molecule has 3 aromatic rings. The van der Waals surface area contributed by atoms with Gasteiger partial charge in [-0.2, -0.15) is 0 Å². The average molecular weight is 587 g/mol. The molecule has 9 heteroatoms. The normalized spacial score (nSPS) is 12.0. The van der Waals surface area contributed by atoms with E-state index in [9.17, 15) is 18.0 Å². The lowest BCUT2D eigenvalue weighted by Crippen LogP contribution is -2.52. The quantitative estimate of drug-likeness (QED) is 0.357. The predicted molar refractivity (Wildman–Crippen MR) is 150 cm³/mol. The zero-order valence-corrected chi connectivity index (χ0v) is 23.6. The molecule has 1 unspecified atom stereocenters. The lowest BCUT2D eigenvalue weighted by molar-refractivity contribution is -0.139. The SMILES string of the molecule is CCC(C(=O)NC)N(CCc1ccccc1)C(=O)CN(c1cccc(Br)c1)S(=O)(=O)c1ccc(C)cc1. The summed E-state index contributed by atoms with van der Waals surface area (Å²) in [6.45, 7) is 3.53. The summed E-state index contributed by atoms with van der Waals surface area (Å²) in [7, 11) is -2.55. The molecule has 0 saturated heterocycles. The van der Waals surface area contributed by atoms with Gasteiger partial charge < -0.3 is 10.2 Å². The third kappa shape index (κ3) is 7.20. The highest BCUT2D eigenvalue weighted by atomic mass is 79.9. The molecular formula is C28H32BrN3O4S. The van der Waals surface area contributed by atoms with Crippen LogP contribution in [0.5, 0.6) is 0 Å². The first kappa shape index (κ1) is 28.4. The van der Waals surface area contributed by atoms with Crippen LogP contribution in [0.4, 0.5) is 5.69 Å². The molecule has 7 nitrogen and oxygen atoms in total. The van der Waals surface area contributed by atoms with Crippen LogP contribution in [0, 0.1) is 6.92 Å². The van der Waals surface area contributed by atoms with Crippen LogP contribution < -0.4 is 9.62 Å². The Morgan fingerprint density at radius 2 is 1.65 bits per heavy atom. The summed E-state index contributed by atoms with van der Waals surface area (Å²) >= 11 is 3.40. The number of benzene rings is 3. The first-order chi connectivity index (χ1) is 17.7. The van der Waals surface area contributed by atoms with Crippen LogP contribution in [0.1, 0.15) is 24.5 Å². The summed E-state index contributed by atoms with van der Waals surface area (Å²) in [5.74, 6) is -0.749. The lowest BCUT2D eigenvalue weighted by atomic mass is 10.1. The zero-order valence-electron chi connectivity index (χ0n) is 21.2. The smallest absolute Gasteiger partial charge is 0.264 e. The van der Waals surface area contributed by atoms with Crippen LogP contribution in [-0.2, 0) is 26.0 Å². The number of sulfonamides is 1. The van der Waals surface area contributed by atoms with Crippen LogP contribution in [0.2, 0.25) is 0 Å². The Hall–Kier alpha value is -3.17. The molecular weight excluding hydrogens is 554 g/mol. The molecule has 1 N–H and O–H groups in total. The van der Waals surface area contributed by atoms with Gasteiger partial charge >= 0.3 is 0 Å². The van der Waals surface area contributed by atoms with Gasteiger partial charge in [-0.05, 0) is 55.7 Å². The number of carbonyl (C=O) groups is 2. The van der Waals surface area contributed by atoms with Gasteiger partial charge in [-0.1, -0.05) is 76.9 Å². The van der Waals surface area contributed by atoms with Gasteiger partial charge in [0.2, 0.25) is 11.8 Å². The van der Waals surface area contributed by atoms with E-state index in [1.807, 2.05) is 44.2 Å². The number of nitrogens with one attached hydrogen (secondary N) is 1. The second-order valence-electron chi connectivity index (χ2n) is 8.67. The van der Waals surface area contributed by atoms with Crippen LogP contribution >= 0.6 is 15.9 Å². The van der Waals surface area contributed by atoms with Crippen molar-refractivity contribution in [3.05, 3.63) is 94.5 Å². The first-order valence-electron chi connectivity index (χ1n) is 12.1. The third-order valence-electron chi connectivity index (χ3n) is 6.10. The number of anilines is 1. The molecule has 0 fully saturated rings. The molecule has 0 saturated carbocycles. The van der Waals surface area contributed by atoms with Crippen molar-refractivity contribution in [2.45, 2.75) is 37.6 Å². The number of halogens is 1. The number of hydrogen-bond acceptors (Lipinski definition) is 4. The molecule has 0 aliphatic heterocycles. The van der Waals surface area contributed by atoms with Crippen molar-refractivity contribution >= 4 is 43.5 Å². The number of rotatable bonds is 11. The highest BCUT2D eigenvalue weighted by molar-refractivity contribution is 9.10. The molecule has 196 valence electrons. The Kier molecular flexibility index (Phi) is 9.88. The van der Waals surface area contributed by atoms with Gasteiger partial charge in [-0.15, -0.1) is 0 Å². The molecule has 0 aliphatic rings. The topological polar surface area (TPSA) is 86.8 Å². The molecule has 0 bridgehead atoms. The molecule has 37 heavy (non-hydrogen) atoms. The monoisotopic (exact) mass is 585 g/mol. The highest BCUT2D eigenvalue weighted by Gasteiger charge is 2.33. The van der Waals surface area contributed by atoms with Crippen molar-refractivity contribution in [3.8, 4) is 0 Å². The second kappa shape index (κ2) is 12.9. The highest BCUT2D eigenvalue weighted by Crippen LogP contribution is 2.27. The minimum atomic E-state index is -4.08. The van der Waals surface area contributed by atoms with E-state index in [1.54, 1.807) is 36.4 Å². The van der Waals surface area contributed by atoms with E-state index in [-0.39, 0.29) is 17.3 Å². The van der Waals surface area contributed by atoms with Gasteiger partial charge in [0, 0.05) is 18.1 Å². The van der Waals surface area contributed by atoms with Gasteiger partial charge in [0.05, 0.1) is 10.6 Å². The maximum Gasteiger partial charge on any atom is 0.264 e. The number of hydrogen-bond donors (Lipinski definition) is 1. The van der Waals surface area contributed by atoms with Gasteiger partial charge in [-0.25, -0.2) is 8.42 Å². The Bertz CT molecular complexity index is 1310. The molecule has 0 spiro atoms. The number of carbonyl (C=O) groups excluding carboxylic acids is 2. The number of amides is 2. The minimum Gasteiger partial charge on any atom is -0.357 e. The third-order valence-corrected chi connectivity index (χ3v) is 8.38.